The van der Waals surface area contributed by atoms with Gasteiger partial charge in [0, 0.05) is 49.9 Å². The minimum atomic E-state index is -0.564. The first kappa shape index (κ1) is 20.1. The predicted octanol–water partition coefficient (Wildman–Crippen LogP) is 4.40. The molecule has 1 aliphatic carbocycles. The number of fused-ring (bicyclic) bond motifs is 1. The quantitative estimate of drug-likeness (QED) is 0.673. The van der Waals surface area contributed by atoms with Crippen LogP contribution in [0.1, 0.15) is 30.9 Å². The number of hydrogen-bond acceptors (Lipinski definition) is 3. The van der Waals surface area contributed by atoms with E-state index in [0.717, 1.165) is 44.1 Å². The zero-order chi connectivity index (χ0) is 21.5. The van der Waals surface area contributed by atoms with Crippen LogP contribution in [0.5, 0.6) is 0 Å². The van der Waals surface area contributed by atoms with Gasteiger partial charge in [-0.25, -0.2) is 13.2 Å². The second kappa shape index (κ2) is 8.04. The lowest BCUT2D eigenvalue weighted by Crippen LogP contribution is -2.50. The number of pyridine rings is 1. The van der Waals surface area contributed by atoms with E-state index in [9.17, 15) is 18.0 Å². The summed E-state index contributed by atoms with van der Waals surface area (Å²) in [6.45, 7) is 3.01. The SMILES string of the molecule is O=c1[nH]c([C@@H]2CC[C@@H](N3CCN(c4ccc(F)cc4F)CC3)C2)cc2cccc(F)c12. The number of anilines is 1. The van der Waals surface area contributed by atoms with E-state index in [4.69, 9.17) is 0 Å². The number of piperazine rings is 1. The van der Waals surface area contributed by atoms with Gasteiger partial charge in [-0.3, -0.25) is 9.69 Å². The topological polar surface area (TPSA) is 39.3 Å². The lowest BCUT2D eigenvalue weighted by atomic mass is 10.00. The fourth-order valence-corrected chi connectivity index (χ4v) is 5.16. The number of H-pyrrole nitrogens is 1. The first-order valence-electron chi connectivity index (χ1n) is 10.7. The number of rotatable bonds is 3. The molecule has 0 unspecified atom stereocenters. The van der Waals surface area contributed by atoms with Crippen molar-refractivity contribution in [2.45, 2.75) is 31.2 Å². The summed E-state index contributed by atoms with van der Waals surface area (Å²) >= 11 is 0. The number of aromatic amines is 1. The van der Waals surface area contributed by atoms with Crippen LogP contribution in [0.4, 0.5) is 18.9 Å². The Balaban J connectivity index is 1.26. The second-order valence-electron chi connectivity index (χ2n) is 8.54. The van der Waals surface area contributed by atoms with Crippen LogP contribution < -0.4 is 10.5 Å². The minimum absolute atomic E-state index is 0.116. The molecule has 1 N–H and O–H groups in total. The van der Waals surface area contributed by atoms with Crippen molar-refractivity contribution in [3.63, 3.8) is 0 Å². The summed E-state index contributed by atoms with van der Waals surface area (Å²) in [6.07, 6.45) is 2.93. The first-order chi connectivity index (χ1) is 15.0. The Bertz CT molecular complexity index is 1170. The van der Waals surface area contributed by atoms with Crippen molar-refractivity contribution in [2.75, 3.05) is 31.1 Å². The molecule has 1 saturated carbocycles. The van der Waals surface area contributed by atoms with E-state index in [0.29, 0.717) is 30.2 Å². The summed E-state index contributed by atoms with van der Waals surface area (Å²) in [7, 11) is 0. The van der Waals surface area contributed by atoms with Crippen LogP contribution >= 0.6 is 0 Å². The highest BCUT2D eigenvalue weighted by atomic mass is 19.1. The van der Waals surface area contributed by atoms with Crippen LogP contribution in [0, 0.1) is 17.5 Å². The number of aromatic nitrogens is 1. The average molecular weight is 427 g/mol. The Kier molecular flexibility index (Phi) is 5.22. The van der Waals surface area contributed by atoms with E-state index in [1.807, 2.05) is 11.0 Å². The molecular weight excluding hydrogens is 403 g/mol. The zero-order valence-electron chi connectivity index (χ0n) is 17.1. The van der Waals surface area contributed by atoms with Crippen LogP contribution in [0.3, 0.4) is 0 Å². The summed E-state index contributed by atoms with van der Waals surface area (Å²) in [4.78, 5) is 19.7. The van der Waals surface area contributed by atoms with Gasteiger partial charge in [0.2, 0.25) is 0 Å². The molecule has 2 aliphatic rings. The molecule has 1 aliphatic heterocycles. The van der Waals surface area contributed by atoms with Crippen LogP contribution in [-0.4, -0.2) is 42.1 Å². The van der Waals surface area contributed by atoms with Gasteiger partial charge >= 0.3 is 0 Å². The maximum atomic E-state index is 14.1. The lowest BCUT2D eigenvalue weighted by Gasteiger charge is -2.39. The Labute approximate surface area is 178 Å². The van der Waals surface area contributed by atoms with Crippen molar-refractivity contribution in [2.24, 2.45) is 0 Å². The zero-order valence-corrected chi connectivity index (χ0v) is 17.1. The van der Waals surface area contributed by atoms with Crippen LogP contribution in [0.15, 0.2) is 47.3 Å². The molecule has 1 saturated heterocycles. The third-order valence-corrected chi connectivity index (χ3v) is 6.77. The maximum Gasteiger partial charge on any atom is 0.259 e. The van der Waals surface area contributed by atoms with Crippen molar-refractivity contribution in [3.05, 3.63) is 76.0 Å². The molecule has 7 heteroatoms. The van der Waals surface area contributed by atoms with Crippen LogP contribution in [0.2, 0.25) is 0 Å². The van der Waals surface area contributed by atoms with Gasteiger partial charge in [0.25, 0.3) is 5.56 Å². The van der Waals surface area contributed by atoms with Crippen molar-refractivity contribution in [1.82, 2.24) is 9.88 Å². The molecule has 0 radical (unpaired) electrons. The Hall–Kier alpha value is -2.80. The molecule has 2 atom stereocenters. The molecule has 0 spiro atoms. The molecule has 2 aromatic carbocycles. The summed E-state index contributed by atoms with van der Waals surface area (Å²) in [5, 5.41) is 0.752. The molecular formula is C24H24F3N3O. The van der Waals surface area contributed by atoms with E-state index in [1.54, 1.807) is 12.1 Å². The van der Waals surface area contributed by atoms with Gasteiger partial charge in [0.1, 0.15) is 17.5 Å². The van der Waals surface area contributed by atoms with E-state index in [1.165, 1.54) is 18.2 Å². The maximum absolute atomic E-state index is 14.1. The first-order valence-corrected chi connectivity index (χ1v) is 10.7. The molecule has 1 aromatic heterocycles. The van der Waals surface area contributed by atoms with Gasteiger partial charge in [-0.15, -0.1) is 0 Å². The van der Waals surface area contributed by atoms with Gasteiger partial charge in [-0.05, 0) is 48.9 Å². The summed E-state index contributed by atoms with van der Waals surface area (Å²) in [6, 6.07) is 10.7. The number of halogens is 3. The number of nitrogens with zero attached hydrogens (tertiary/aromatic N) is 2. The Morgan fingerprint density at radius 1 is 0.903 bits per heavy atom. The average Bonchev–Trinajstić information content (AvgIpc) is 3.24. The monoisotopic (exact) mass is 427 g/mol. The molecule has 4 nitrogen and oxygen atoms in total. The molecule has 2 fully saturated rings. The van der Waals surface area contributed by atoms with E-state index >= 15 is 0 Å². The molecule has 31 heavy (non-hydrogen) atoms. The molecule has 162 valence electrons. The van der Waals surface area contributed by atoms with E-state index in [2.05, 4.69) is 9.88 Å². The number of hydrogen-bond donors (Lipinski definition) is 1. The number of nitrogens with one attached hydrogen (secondary N) is 1. The van der Waals surface area contributed by atoms with E-state index in [-0.39, 0.29) is 16.9 Å². The molecule has 0 amide bonds. The molecule has 5 rings (SSSR count). The predicted molar refractivity (Wildman–Crippen MR) is 115 cm³/mol. The third-order valence-electron chi connectivity index (χ3n) is 6.77. The fraction of sp³-hybridized carbons (Fsp3) is 0.375. The van der Waals surface area contributed by atoms with Gasteiger partial charge < -0.3 is 9.88 Å². The molecule has 0 bridgehead atoms. The van der Waals surface area contributed by atoms with Gasteiger partial charge in [-0.2, -0.15) is 0 Å². The van der Waals surface area contributed by atoms with Gasteiger partial charge in [0.15, 0.2) is 0 Å². The number of benzene rings is 2. The fourth-order valence-electron chi connectivity index (χ4n) is 5.16. The Morgan fingerprint density at radius 3 is 2.48 bits per heavy atom. The van der Waals surface area contributed by atoms with Crippen LogP contribution in [-0.2, 0) is 0 Å². The Morgan fingerprint density at radius 2 is 1.71 bits per heavy atom. The highest BCUT2D eigenvalue weighted by Crippen LogP contribution is 2.37. The normalized spacial score (nSPS) is 22.4. The minimum Gasteiger partial charge on any atom is -0.367 e. The van der Waals surface area contributed by atoms with Crippen molar-refractivity contribution >= 4 is 16.5 Å². The smallest absolute Gasteiger partial charge is 0.259 e. The third kappa shape index (κ3) is 3.82. The molecule has 2 heterocycles. The highest BCUT2D eigenvalue weighted by Gasteiger charge is 2.33. The van der Waals surface area contributed by atoms with Crippen LogP contribution in [0.25, 0.3) is 10.8 Å². The van der Waals surface area contributed by atoms with E-state index < -0.39 is 17.5 Å². The summed E-state index contributed by atoms with van der Waals surface area (Å²) < 4.78 is 41.3. The summed E-state index contributed by atoms with van der Waals surface area (Å²) in [5.74, 6) is -1.35. The second-order valence-corrected chi connectivity index (χ2v) is 8.54. The van der Waals surface area contributed by atoms with Gasteiger partial charge in [0.05, 0.1) is 11.1 Å². The van der Waals surface area contributed by atoms with Crippen molar-refractivity contribution in [1.29, 1.82) is 0 Å². The highest BCUT2D eigenvalue weighted by molar-refractivity contribution is 5.82. The summed E-state index contributed by atoms with van der Waals surface area (Å²) in [5.41, 5.74) is 0.952. The van der Waals surface area contributed by atoms with Crippen molar-refractivity contribution < 1.29 is 13.2 Å². The lowest BCUT2D eigenvalue weighted by molar-refractivity contribution is 0.186. The van der Waals surface area contributed by atoms with Crippen molar-refractivity contribution in [3.8, 4) is 0 Å². The van der Waals surface area contributed by atoms with Gasteiger partial charge in [-0.1, -0.05) is 12.1 Å². The largest absolute Gasteiger partial charge is 0.367 e. The molecule has 3 aromatic rings. The standard InChI is InChI=1S/C24H24F3N3O/c25-17-5-7-22(20(27)14-17)30-10-8-29(9-11-30)18-6-4-15(12-18)21-13-16-2-1-3-19(26)23(16)24(31)28-21/h1-3,5,7,13-15,18H,4,6,8-12H2,(H,28,31)/t15-,18-/m1/s1.